The highest BCUT2D eigenvalue weighted by molar-refractivity contribution is 7.93. The second kappa shape index (κ2) is 11.7. The summed E-state index contributed by atoms with van der Waals surface area (Å²) in [5.74, 6) is 0.793. The van der Waals surface area contributed by atoms with Gasteiger partial charge in [-0.25, -0.2) is 13.4 Å². The Morgan fingerprint density at radius 3 is 2.54 bits per heavy atom. The molecule has 0 saturated heterocycles. The summed E-state index contributed by atoms with van der Waals surface area (Å²) in [5.41, 5.74) is 3.45. The Labute approximate surface area is 219 Å². The Morgan fingerprint density at radius 2 is 1.84 bits per heavy atom. The van der Waals surface area contributed by atoms with Crippen LogP contribution in [0.4, 0.5) is 10.8 Å². The van der Waals surface area contributed by atoms with E-state index in [0.29, 0.717) is 23.8 Å². The number of nitrogens with zero attached hydrogens (tertiary/aromatic N) is 1. The molecule has 0 atom stereocenters. The van der Waals surface area contributed by atoms with Crippen molar-refractivity contribution < 1.29 is 22.7 Å². The second-order valence-corrected chi connectivity index (χ2v) is 10.5. The van der Waals surface area contributed by atoms with Gasteiger partial charge in [0.2, 0.25) is 5.91 Å². The van der Waals surface area contributed by atoms with Crippen molar-refractivity contribution in [2.45, 2.75) is 18.4 Å². The number of methoxy groups -OCH3 is 1. The van der Waals surface area contributed by atoms with Crippen molar-refractivity contribution in [2.75, 3.05) is 17.1 Å². The van der Waals surface area contributed by atoms with E-state index < -0.39 is 10.0 Å². The van der Waals surface area contributed by atoms with Gasteiger partial charge >= 0.3 is 0 Å². The van der Waals surface area contributed by atoms with Crippen LogP contribution in [0.25, 0.3) is 6.08 Å². The summed E-state index contributed by atoms with van der Waals surface area (Å²) in [4.78, 5) is 16.4. The molecule has 2 N–H and O–H groups in total. The number of ether oxygens (including phenoxy) is 2. The van der Waals surface area contributed by atoms with E-state index >= 15 is 0 Å². The van der Waals surface area contributed by atoms with Crippen LogP contribution in [0.2, 0.25) is 0 Å². The Hall–Kier alpha value is -4.15. The Kier molecular flexibility index (Phi) is 8.22. The van der Waals surface area contributed by atoms with E-state index in [9.17, 15) is 13.2 Å². The molecule has 1 amide bonds. The maximum Gasteiger partial charge on any atom is 0.263 e. The van der Waals surface area contributed by atoms with Crippen LogP contribution in [-0.4, -0.2) is 26.4 Å². The number of hydrogen-bond acceptors (Lipinski definition) is 7. The minimum absolute atomic E-state index is 0.0630. The molecule has 0 saturated carbocycles. The Morgan fingerprint density at radius 1 is 1.05 bits per heavy atom. The number of anilines is 2. The molecular weight excluding hydrogens is 510 g/mol. The van der Waals surface area contributed by atoms with E-state index in [1.54, 1.807) is 30.7 Å². The van der Waals surface area contributed by atoms with Gasteiger partial charge in [0, 0.05) is 23.3 Å². The van der Waals surface area contributed by atoms with Gasteiger partial charge in [0.05, 0.1) is 12.0 Å². The number of aromatic nitrogens is 1. The predicted molar refractivity (Wildman–Crippen MR) is 146 cm³/mol. The first kappa shape index (κ1) is 25.9. The Bertz CT molecular complexity index is 1500. The van der Waals surface area contributed by atoms with Gasteiger partial charge in [0.25, 0.3) is 10.0 Å². The number of carbonyl (C=O) groups excluding carboxylic acids is 1. The van der Waals surface area contributed by atoms with Crippen molar-refractivity contribution in [2.24, 2.45) is 0 Å². The standard InChI is InChI=1S/C27H25N3O5S2/c1-19-5-3-4-6-21(19)18-35-24-13-7-20(17-25(24)34-2)8-14-26(31)29-22-9-11-23(12-10-22)37(32,33)30-27-28-15-16-36-27/h3-17H,18H2,1-2H3,(H,28,30)(H,29,31)/b14-8+. The zero-order valence-electron chi connectivity index (χ0n) is 20.2. The molecule has 8 nitrogen and oxygen atoms in total. The molecule has 37 heavy (non-hydrogen) atoms. The third-order valence-electron chi connectivity index (χ3n) is 5.35. The van der Waals surface area contributed by atoms with Gasteiger partial charge in [-0.15, -0.1) is 11.3 Å². The molecule has 0 fully saturated rings. The zero-order chi connectivity index (χ0) is 26.3. The number of carbonyl (C=O) groups is 1. The monoisotopic (exact) mass is 535 g/mol. The summed E-state index contributed by atoms with van der Waals surface area (Å²) in [5, 5.41) is 4.67. The number of hydrogen-bond donors (Lipinski definition) is 2. The molecule has 190 valence electrons. The van der Waals surface area contributed by atoms with Crippen molar-refractivity contribution in [3.05, 3.63) is 101 Å². The normalized spacial score (nSPS) is 11.3. The van der Waals surface area contributed by atoms with E-state index in [2.05, 4.69) is 15.0 Å². The average molecular weight is 536 g/mol. The van der Waals surface area contributed by atoms with Crippen LogP contribution >= 0.6 is 11.3 Å². The van der Waals surface area contributed by atoms with E-state index in [0.717, 1.165) is 16.7 Å². The van der Waals surface area contributed by atoms with Crippen molar-refractivity contribution >= 4 is 44.2 Å². The quantitative estimate of drug-likeness (QED) is 0.260. The van der Waals surface area contributed by atoms with E-state index in [1.807, 2.05) is 37.3 Å². The summed E-state index contributed by atoms with van der Waals surface area (Å²) in [6.45, 7) is 2.45. The lowest BCUT2D eigenvalue weighted by Crippen LogP contribution is -2.13. The molecule has 10 heteroatoms. The fourth-order valence-electron chi connectivity index (χ4n) is 3.36. The third-order valence-corrected chi connectivity index (χ3v) is 7.52. The van der Waals surface area contributed by atoms with Crippen LogP contribution in [-0.2, 0) is 21.4 Å². The van der Waals surface area contributed by atoms with E-state index in [-0.39, 0.29) is 15.9 Å². The largest absolute Gasteiger partial charge is 0.493 e. The first-order valence-corrected chi connectivity index (χ1v) is 13.6. The molecule has 0 aliphatic heterocycles. The van der Waals surface area contributed by atoms with E-state index in [4.69, 9.17) is 9.47 Å². The summed E-state index contributed by atoms with van der Waals surface area (Å²) in [6.07, 6.45) is 4.55. The highest BCUT2D eigenvalue weighted by Crippen LogP contribution is 2.29. The summed E-state index contributed by atoms with van der Waals surface area (Å²) in [7, 11) is -2.20. The van der Waals surface area contributed by atoms with Crippen LogP contribution in [0, 0.1) is 6.92 Å². The maximum atomic E-state index is 12.4. The van der Waals surface area contributed by atoms with E-state index in [1.165, 1.54) is 47.9 Å². The number of rotatable bonds is 10. The van der Waals surface area contributed by atoms with Crippen molar-refractivity contribution in [3.8, 4) is 11.5 Å². The number of thiazole rings is 1. The molecule has 1 heterocycles. The minimum atomic E-state index is -3.76. The zero-order valence-corrected chi connectivity index (χ0v) is 21.8. The first-order chi connectivity index (χ1) is 17.8. The fraction of sp³-hybridized carbons (Fsp3) is 0.111. The van der Waals surface area contributed by atoms with Crippen molar-refractivity contribution in [1.29, 1.82) is 0 Å². The smallest absolute Gasteiger partial charge is 0.263 e. The average Bonchev–Trinajstić information content (AvgIpc) is 3.40. The molecule has 0 bridgehead atoms. The summed E-state index contributed by atoms with van der Waals surface area (Å²) < 4.78 is 38.7. The second-order valence-electron chi connectivity index (χ2n) is 7.92. The lowest BCUT2D eigenvalue weighted by Gasteiger charge is -2.12. The van der Waals surface area contributed by atoms with Crippen LogP contribution < -0.4 is 19.5 Å². The number of amides is 1. The highest BCUT2D eigenvalue weighted by atomic mass is 32.2. The first-order valence-electron chi connectivity index (χ1n) is 11.2. The molecule has 1 aromatic heterocycles. The molecule has 0 aliphatic carbocycles. The topological polar surface area (TPSA) is 107 Å². The van der Waals surface area contributed by atoms with Crippen LogP contribution in [0.1, 0.15) is 16.7 Å². The maximum absolute atomic E-state index is 12.4. The molecule has 4 rings (SSSR count). The Balaban J connectivity index is 1.36. The summed E-state index contributed by atoms with van der Waals surface area (Å²) >= 11 is 1.18. The van der Waals surface area contributed by atoms with Gasteiger partial charge in [-0.1, -0.05) is 30.3 Å². The molecule has 3 aromatic carbocycles. The van der Waals surface area contributed by atoms with Gasteiger partial charge in [0.15, 0.2) is 16.6 Å². The van der Waals surface area contributed by atoms with Crippen LogP contribution in [0.3, 0.4) is 0 Å². The lowest BCUT2D eigenvalue weighted by atomic mass is 10.1. The number of aryl methyl sites for hydroxylation is 1. The number of nitrogens with one attached hydrogen (secondary N) is 2. The molecule has 0 unspecified atom stereocenters. The summed E-state index contributed by atoms with van der Waals surface area (Å²) in [6, 6.07) is 19.3. The molecule has 4 aromatic rings. The highest BCUT2D eigenvalue weighted by Gasteiger charge is 2.15. The molecule has 0 radical (unpaired) electrons. The van der Waals surface area contributed by atoms with Gasteiger partial charge in [-0.2, -0.15) is 0 Å². The lowest BCUT2D eigenvalue weighted by molar-refractivity contribution is -0.111. The minimum Gasteiger partial charge on any atom is -0.493 e. The molecule has 0 aliphatic rings. The van der Waals surface area contributed by atoms with Gasteiger partial charge in [0.1, 0.15) is 6.61 Å². The van der Waals surface area contributed by atoms with Gasteiger partial charge < -0.3 is 14.8 Å². The van der Waals surface area contributed by atoms with Crippen molar-refractivity contribution in [3.63, 3.8) is 0 Å². The van der Waals surface area contributed by atoms with Gasteiger partial charge in [-0.3, -0.25) is 9.52 Å². The molecule has 0 spiro atoms. The number of benzene rings is 3. The number of sulfonamides is 1. The third kappa shape index (κ3) is 6.96. The predicted octanol–water partition coefficient (Wildman–Crippen LogP) is 5.49. The van der Waals surface area contributed by atoms with Gasteiger partial charge in [-0.05, 0) is 66.1 Å². The fourth-order valence-corrected chi connectivity index (χ4v) is 5.14. The molecular formula is C27H25N3O5S2. The van der Waals surface area contributed by atoms with Crippen LogP contribution in [0.15, 0.2) is 89.3 Å². The van der Waals surface area contributed by atoms with Crippen LogP contribution in [0.5, 0.6) is 11.5 Å². The SMILES string of the molecule is COc1cc(/C=C/C(=O)Nc2ccc(S(=O)(=O)Nc3nccs3)cc2)ccc1OCc1ccccc1C. The van der Waals surface area contributed by atoms with Crippen molar-refractivity contribution in [1.82, 2.24) is 4.98 Å².